The average molecular weight is 306 g/mol. The van der Waals surface area contributed by atoms with Crippen molar-refractivity contribution < 1.29 is 9.47 Å². The van der Waals surface area contributed by atoms with E-state index in [-0.39, 0.29) is 6.04 Å². The van der Waals surface area contributed by atoms with Crippen LogP contribution >= 0.6 is 11.6 Å². The molecule has 0 fully saturated rings. The highest BCUT2D eigenvalue weighted by Gasteiger charge is 2.08. The first kappa shape index (κ1) is 15.7. The maximum atomic E-state index is 6.28. The van der Waals surface area contributed by atoms with E-state index in [1.807, 2.05) is 56.4 Å². The van der Waals surface area contributed by atoms with Gasteiger partial charge in [0.1, 0.15) is 17.2 Å². The summed E-state index contributed by atoms with van der Waals surface area (Å²) in [5.41, 5.74) is 1.13. The van der Waals surface area contributed by atoms with Crippen LogP contribution in [0.1, 0.15) is 25.5 Å². The van der Waals surface area contributed by atoms with Gasteiger partial charge in [-0.3, -0.25) is 0 Å². The monoisotopic (exact) mass is 305 g/mol. The molecule has 0 aromatic heterocycles. The van der Waals surface area contributed by atoms with Crippen LogP contribution in [-0.4, -0.2) is 13.7 Å². The van der Waals surface area contributed by atoms with E-state index >= 15 is 0 Å². The fourth-order valence-corrected chi connectivity index (χ4v) is 2.16. The van der Waals surface area contributed by atoms with E-state index in [2.05, 4.69) is 12.2 Å². The molecule has 112 valence electrons. The maximum absolute atomic E-state index is 6.28. The van der Waals surface area contributed by atoms with Crippen molar-refractivity contribution in [3.05, 3.63) is 53.1 Å². The topological polar surface area (TPSA) is 30.5 Å². The molecule has 4 heteroatoms. The second-order valence-corrected chi connectivity index (χ2v) is 5.11. The Bertz CT molecular complexity index is 584. The van der Waals surface area contributed by atoms with Crippen LogP contribution in [0.15, 0.2) is 42.5 Å². The van der Waals surface area contributed by atoms with Gasteiger partial charge in [-0.15, -0.1) is 0 Å². The van der Waals surface area contributed by atoms with E-state index in [9.17, 15) is 0 Å². The van der Waals surface area contributed by atoms with E-state index in [1.54, 1.807) is 0 Å². The van der Waals surface area contributed by atoms with Crippen molar-refractivity contribution in [1.29, 1.82) is 0 Å². The van der Waals surface area contributed by atoms with Crippen molar-refractivity contribution >= 4 is 11.6 Å². The van der Waals surface area contributed by atoms with E-state index in [4.69, 9.17) is 21.1 Å². The lowest BCUT2D eigenvalue weighted by Crippen LogP contribution is -2.12. The van der Waals surface area contributed by atoms with Crippen molar-refractivity contribution in [3.8, 4) is 17.2 Å². The Hall–Kier alpha value is -1.71. The Morgan fingerprint density at radius 2 is 1.76 bits per heavy atom. The van der Waals surface area contributed by atoms with Gasteiger partial charge in [-0.1, -0.05) is 17.7 Å². The van der Waals surface area contributed by atoms with Gasteiger partial charge in [-0.25, -0.2) is 0 Å². The third kappa shape index (κ3) is 4.13. The van der Waals surface area contributed by atoms with Crippen molar-refractivity contribution in [3.63, 3.8) is 0 Å². The molecule has 0 radical (unpaired) electrons. The van der Waals surface area contributed by atoms with Gasteiger partial charge >= 0.3 is 0 Å². The molecule has 0 aliphatic rings. The van der Waals surface area contributed by atoms with Gasteiger partial charge < -0.3 is 14.8 Å². The van der Waals surface area contributed by atoms with Crippen molar-refractivity contribution in [1.82, 2.24) is 5.32 Å². The van der Waals surface area contributed by atoms with Crippen LogP contribution in [-0.2, 0) is 0 Å². The first-order valence-corrected chi connectivity index (χ1v) is 7.39. The summed E-state index contributed by atoms with van der Waals surface area (Å²) in [7, 11) is 1.92. The Kier molecular flexibility index (Phi) is 5.48. The number of benzene rings is 2. The zero-order chi connectivity index (χ0) is 15.2. The SMILES string of the molecule is CCOc1ccc(Oc2ccc(C(C)NC)cc2Cl)cc1. The van der Waals surface area contributed by atoms with E-state index in [0.29, 0.717) is 17.4 Å². The first-order chi connectivity index (χ1) is 10.1. The maximum Gasteiger partial charge on any atom is 0.146 e. The van der Waals surface area contributed by atoms with Gasteiger partial charge in [0.15, 0.2) is 0 Å². The number of hydrogen-bond acceptors (Lipinski definition) is 3. The minimum atomic E-state index is 0.252. The summed E-state index contributed by atoms with van der Waals surface area (Å²) in [6, 6.07) is 13.6. The molecule has 0 saturated heterocycles. The highest BCUT2D eigenvalue weighted by atomic mass is 35.5. The van der Waals surface area contributed by atoms with Crippen LogP contribution in [0, 0.1) is 0 Å². The number of rotatable bonds is 6. The third-order valence-corrected chi connectivity index (χ3v) is 3.55. The largest absolute Gasteiger partial charge is 0.494 e. The smallest absolute Gasteiger partial charge is 0.146 e. The fourth-order valence-electron chi connectivity index (χ4n) is 1.93. The van der Waals surface area contributed by atoms with Crippen LogP contribution in [0.4, 0.5) is 0 Å². The summed E-state index contributed by atoms with van der Waals surface area (Å²) in [5.74, 6) is 2.21. The molecule has 1 N–H and O–H groups in total. The Morgan fingerprint density at radius 1 is 1.10 bits per heavy atom. The highest BCUT2D eigenvalue weighted by molar-refractivity contribution is 6.32. The molecule has 0 saturated carbocycles. The molecule has 1 atom stereocenters. The minimum absolute atomic E-state index is 0.252. The Morgan fingerprint density at radius 3 is 2.33 bits per heavy atom. The van der Waals surface area contributed by atoms with Crippen LogP contribution in [0.5, 0.6) is 17.2 Å². The molecule has 2 aromatic carbocycles. The molecule has 0 amide bonds. The second-order valence-electron chi connectivity index (χ2n) is 4.71. The standard InChI is InChI=1S/C17H20ClNO2/c1-4-20-14-6-8-15(9-7-14)21-17-10-5-13(11-16(17)18)12(2)19-3/h5-12,19H,4H2,1-3H3. The zero-order valence-electron chi connectivity index (χ0n) is 12.5. The molecule has 0 bridgehead atoms. The predicted molar refractivity (Wildman–Crippen MR) is 86.6 cm³/mol. The molecule has 0 aliphatic heterocycles. The second kappa shape index (κ2) is 7.34. The lowest BCUT2D eigenvalue weighted by atomic mass is 10.1. The summed E-state index contributed by atoms with van der Waals surface area (Å²) in [6.45, 7) is 4.69. The molecule has 1 unspecified atom stereocenters. The van der Waals surface area contributed by atoms with E-state index < -0.39 is 0 Å². The van der Waals surface area contributed by atoms with Crippen molar-refractivity contribution in [2.75, 3.05) is 13.7 Å². The van der Waals surface area contributed by atoms with Gasteiger partial charge in [0.05, 0.1) is 11.6 Å². The van der Waals surface area contributed by atoms with Crippen LogP contribution in [0.25, 0.3) is 0 Å². The third-order valence-electron chi connectivity index (χ3n) is 3.25. The van der Waals surface area contributed by atoms with Gasteiger partial charge in [0.2, 0.25) is 0 Å². The molecule has 2 rings (SSSR count). The van der Waals surface area contributed by atoms with Gasteiger partial charge in [0, 0.05) is 6.04 Å². The first-order valence-electron chi connectivity index (χ1n) is 7.01. The predicted octanol–water partition coefficient (Wildman–Crippen LogP) is 4.81. The summed E-state index contributed by atoms with van der Waals surface area (Å²) >= 11 is 6.28. The van der Waals surface area contributed by atoms with Crippen LogP contribution in [0.3, 0.4) is 0 Å². The number of ether oxygens (including phenoxy) is 2. The Labute approximate surface area is 130 Å². The highest BCUT2D eigenvalue weighted by Crippen LogP contribution is 2.32. The van der Waals surface area contributed by atoms with Crippen molar-refractivity contribution in [2.24, 2.45) is 0 Å². The molecular weight excluding hydrogens is 286 g/mol. The van der Waals surface area contributed by atoms with Crippen LogP contribution in [0.2, 0.25) is 5.02 Å². The average Bonchev–Trinajstić information content (AvgIpc) is 2.50. The van der Waals surface area contributed by atoms with Gasteiger partial charge in [0.25, 0.3) is 0 Å². The van der Waals surface area contributed by atoms with Crippen molar-refractivity contribution in [2.45, 2.75) is 19.9 Å². The number of halogens is 1. The molecule has 2 aromatic rings. The summed E-state index contributed by atoms with van der Waals surface area (Å²) < 4.78 is 11.2. The van der Waals surface area contributed by atoms with Gasteiger partial charge in [-0.2, -0.15) is 0 Å². The minimum Gasteiger partial charge on any atom is -0.494 e. The number of hydrogen-bond donors (Lipinski definition) is 1. The summed E-state index contributed by atoms with van der Waals surface area (Å²) in [4.78, 5) is 0. The molecule has 3 nitrogen and oxygen atoms in total. The van der Waals surface area contributed by atoms with E-state index in [0.717, 1.165) is 17.1 Å². The lowest BCUT2D eigenvalue weighted by Gasteiger charge is -2.13. The van der Waals surface area contributed by atoms with E-state index in [1.165, 1.54) is 0 Å². The molecule has 0 heterocycles. The molecule has 0 aliphatic carbocycles. The van der Waals surface area contributed by atoms with Crippen LogP contribution < -0.4 is 14.8 Å². The quantitative estimate of drug-likeness (QED) is 0.830. The molecule has 21 heavy (non-hydrogen) atoms. The zero-order valence-corrected chi connectivity index (χ0v) is 13.3. The summed E-state index contributed by atoms with van der Waals surface area (Å²) in [5, 5.41) is 3.78. The number of nitrogens with one attached hydrogen (secondary N) is 1. The lowest BCUT2D eigenvalue weighted by molar-refractivity contribution is 0.339. The normalized spacial score (nSPS) is 12.0. The Balaban J connectivity index is 2.12. The molecule has 0 spiro atoms. The fraction of sp³-hybridized carbons (Fsp3) is 0.294. The molecular formula is C17H20ClNO2. The summed E-state index contributed by atoms with van der Waals surface area (Å²) in [6.07, 6.45) is 0. The van der Waals surface area contributed by atoms with Gasteiger partial charge in [-0.05, 0) is 62.9 Å².